The van der Waals surface area contributed by atoms with Gasteiger partial charge in [-0.25, -0.2) is 0 Å². The van der Waals surface area contributed by atoms with Crippen molar-refractivity contribution in [3.63, 3.8) is 0 Å². The number of fused-ring (bicyclic) bond motifs is 18. The Morgan fingerprint density at radius 1 is 0.368 bits per heavy atom. The first kappa shape index (κ1) is 49.1. The van der Waals surface area contributed by atoms with Crippen LogP contribution in [0.2, 0.25) is 0 Å². The van der Waals surface area contributed by atoms with Gasteiger partial charge in [0.1, 0.15) is 11.2 Å². The van der Waals surface area contributed by atoms with Crippen molar-refractivity contribution in [2.45, 2.75) is 20.8 Å². The Morgan fingerprint density at radius 3 is 1.32 bits per heavy atom. The first-order valence-electron chi connectivity index (χ1n) is 29.9. The van der Waals surface area contributed by atoms with Crippen molar-refractivity contribution >= 4 is 160 Å². The van der Waals surface area contributed by atoms with Gasteiger partial charge in [-0.3, -0.25) is 0 Å². The van der Waals surface area contributed by atoms with Gasteiger partial charge in [0, 0.05) is 98.5 Å². The highest BCUT2D eigenvalue weighted by Gasteiger charge is 2.27. The average Bonchev–Trinajstić information content (AvgIpc) is 1.56. The second kappa shape index (κ2) is 18.6. The molecule has 0 fully saturated rings. The van der Waals surface area contributed by atoms with E-state index in [1.165, 1.54) is 81.9 Å². The highest BCUT2D eigenvalue weighted by molar-refractivity contribution is 6.29. The zero-order valence-corrected chi connectivity index (χ0v) is 48.1. The number of hydrogen-bond acceptors (Lipinski definition) is 4. The van der Waals surface area contributed by atoms with Gasteiger partial charge in [-0.2, -0.15) is 0 Å². The third kappa shape index (κ3) is 6.98. The fraction of sp³-hybridized carbons (Fsp3) is 0.0370. The Morgan fingerprint density at radius 2 is 0.793 bits per heavy atom. The molecule has 0 spiro atoms. The van der Waals surface area contributed by atoms with Crippen LogP contribution < -0.4 is 9.80 Å². The first-order valence-corrected chi connectivity index (χ1v) is 29.9. The van der Waals surface area contributed by atoms with E-state index < -0.39 is 0 Å². The number of rotatable bonds is 10. The minimum absolute atomic E-state index is 0.833. The van der Waals surface area contributed by atoms with Gasteiger partial charge in [-0.15, -0.1) is 0 Å². The molecule has 0 N–H and O–H groups in total. The van der Waals surface area contributed by atoms with Gasteiger partial charge in [0.05, 0.1) is 44.5 Å². The summed E-state index contributed by atoms with van der Waals surface area (Å²) in [6, 6.07) is 88.6. The summed E-state index contributed by atoms with van der Waals surface area (Å²) < 4.78 is 19.4. The predicted molar refractivity (Wildman–Crippen MR) is 367 cm³/mol. The van der Waals surface area contributed by atoms with Gasteiger partial charge in [0.25, 0.3) is 0 Å². The first-order chi connectivity index (χ1) is 42.9. The van der Waals surface area contributed by atoms with Crippen molar-refractivity contribution in [3.8, 4) is 11.1 Å². The number of benzene rings is 12. The summed E-state index contributed by atoms with van der Waals surface area (Å²) in [5.41, 5.74) is 23.5. The smallest absolute Gasteiger partial charge is 0.159 e. The summed E-state index contributed by atoms with van der Waals surface area (Å²) in [6.07, 6.45) is 5.95. The lowest BCUT2D eigenvalue weighted by atomic mass is 9.98. The van der Waals surface area contributed by atoms with E-state index in [0.29, 0.717) is 0 Å². The molecular formula is C81H54N4O2. The molecule has 0 bridgehead atoms. The lowest BCUT2D eigenvalue weighted by Gasteiger charge is -2.25. The maximum atomic E-state index is 7.15. The van der Waals surface area contributed by atoms with Gasteiger partial charge in [0.15, 0.2) is 11.2 Å². The van der Waals surface area contributed by atoms with Crippen LogP contribution in [0.4, 0.5) is 34.1 Å². The van der Waals surface area contributed by atoms with Gasteiger partial charge < -0.3 is 27.4 Å². The van der Waals surface area contributed by atoms with Gasteiger partial charge in [-0.1, -0.05) is 200 Å². The Bertz CT molecular complexity index is 5950. The minimum atomic E-state index is 0.833. The monoisotopic (exact) mass is 1110 g/mol. The van der Waals surface area contributed by atoms with Gasteiger partial charge in [-0.05, 0) is 110 Å². The largest absolute Gasteiger partial charge is 0.453 e. The molecule has 12 aromatic carbocycles. The molecule has 87 heavy (non-hydrogen) atoms. The number of aryl methyl sites for hydroxylation is 1. The molecule has 6 heteroatoms. The average molecular weight is 1120 g/mol. The molecule has 0 atom stereocenters. The molecule has 0 aliphatic heterocycles. The molecule has 0 unspecified atom stereocenters. The molecule has 18 aromatic rings. The number of nitrogens with zero attached hydrogens (tertiary/aromatic N) is 4. The van der Waals surface area contributed by atoms with Gasteiger partial charge >= 0.3 is 0 Å². The van der Waals surface area contributed by atoms with Crippen LogP contribution in [0, 0.1) is 6.92 Å². The van der Waals surface area contributed by atoms with E-state index in [4.69, 9.17) is 8.83 Å². The van der Waals surface area contributed by atoms with Crippen molar-refractivity contribution in [1.29, 1.82) is 0 Å². The maximum Gasteiger partial charge on any atom is 0.159 e. The van der Waals surface area contributed by atoms with Crippen LogP contribution in [0.1, 0.15) is 25.0 Å². The van der Waals surface area contributed by atoms with Crippen molar-refractivity contribution < 1.29 is 8.83 Å². The second-order valence-electron chi connectivity index (χ2n) is 23.4. The van der Waals surface area contributed by atoms with Crippen LogP contribution in [-0.2, 0) is 0 Å². The summed E-state index contributed by atoms with van der Waals surface area (Å²) in [5.74, 6) is 0. The van der Waals surface area contributed by atoms with Crippen molar-refractivity contribution in [3.05, 3.63) is 284 Å². The predicted octanol–water partition coefficient (Wildman–Crippen LogP) is 23.2. The normalized spacial score (nSPS) is 12.3. The number of para-hydroxylation sites is 8. The molecule has 0 radical (unpaired) electrons. The quantitative estimate of drug-likeness (QED) is 0.128. The molecule has 6 heterocycles. The summed E-state index contributed by atoms with van der Waals surface area (Å²) in [6.45, 7) is 10.4. The molecule has 18 rings (SSSR count). The van der Waals surface area contributed by atoms with E-state index in [1.54, 1.807) is 0 Å². The molecular weight excluding hydrogens is 1060 g/mol. The van der Waals surface area contributed by atoms with Crippen LogP contribution in [0.5, 0.6) is 0 Å². The van der Waals surface area contributed by atoms with Crippen molar-refractivity contribution in [2.75, 3.05) is 9.80 Å². The molecule has 0 saturated heterocycles. The topological polar surface area (TPSA) is 41.6 Å². The summed E-state index contributed by atoms with van der Waals surface area (Å²) in [5, 5.41) is 14.1. The Kier molecular flexibility index (Phi) is 10.5. The zero-order chi connectivity index (χ0) is 57.8. The van der Waals surface area contributed by atoms with E-state index in [2.05, 4.69) is 295 Å². The second-order valence-corrected chi connectivity index (χ2v) is 23.4. The molecule has 0 aliphatic rings. The van der Waals surface area contributed by atoms with Crippen molar-refractivity contribution in [1.82, 2.24) is 8.80 Å². The Balaban J connectivity index is 0.838. The van der Waals surface area contributed by atoms with Crippen LogP contribution >= 0.6 is 0 Å². The summed E-state index contributed by atoms with van der Waals surface area (Å²) in [7, 11) is 0. The molecule has 0 amide bonds. The van der Waals surface area contributed by atoms with Crippen LogP contribution in [0.15, 0.2) is 282 Å². The fourth-order valence-corrected chi connectivity index (χ4v) is 14.7. The van der Waals surface area contributed by atoms with Gasteiger partial charge in [0.2, 0.25) is 0 Å². The van der Waals surface area contributed by atoms with E-state index in [0.717, 1.165) is 106 Å². The number of furan rings is 2. The van der Waals surface area contributed by atoms with E-state index in [9.17, 15) is 0 Å². The molecule has 0 aliphatic carbocycles. The maximum absolute atomic E-state index is 7.15. The third-order valence-corrected chi connectivity index (χ3v) is 18.4. The Hall–Kier alpha value is -11.3. The fourth-order valence-electron chi connectivity index (χ4n) is 14.7. The third-order valence-electron chi connectivity index (χ3n) is 18.4. The number of aromatic nitrogens is 2. The van der Waals surface area contributed by atoms with E-state index in [1.807, 2.05) is 12.2 Å². The minimum Gasteiger partial charge on any atom is -0.453 e. The van der Waals surface area contributed by atoms with E-state index in [-0.39, 0.29) is 0 Å². The number of anilines is 6. The van der Waals surface area contributed by atoms with Crippen LogP contribution in [-0.4, -0.2) is 8.80 Å². The number of hydrogen-bond donors (Lipinski definition) is 0. The SMILES string of the molecule is C=C/C=C\C(=C(C)C)c1cccc2c1oc1c(N(c3ccccc3)c3ccc4c5cccc6c7cc8c(cc7n(c4c3)c56)c3cccc4c5ccc(N(c6ccccc6)c6cccc7c6oc6c(-c9ccccc9C)cccc67)cc5n8c43)cccc12. The summed E-state index contributed by atoms with van der Waals surface area (Å²) >= 11 is 0. The highest BCUT2D eigenvalue weighted by atomic mass is 16.3. The van der Waals surface area contributed by atoms with Crippen LogP contribution in [0.25, 0.3) is 137 Å². The zero-order valence-electron chi connectivity index (χ0n) is 48.1. The highest BCUT2D eigenvalue weighted by Crippen LogP contribution is 2.50. The molecule has 410 valence electrons. The summed E-state index contributed by atoms with van der Waals surface area (Å²) in [4.78, 5) is 4.73. The van der Waals surface area contributed by atoms with Crippen molar-refractivity contribution in [2.24, 2.45) is 0 Å². The molecule has 6 nitrogen and oxygen atoms in total. The lowest BCUT2D eigenvalue weighted by Crippen LogP contribution is -2.10. The molecule has 6 aromatic heterocycles. The number of allylic oxidation sites excluding steroid dienone is 5. The lowest BCUT2D eigenvalue weighted by molar-refractivity contribution is 0.668. The molecule has 0 saturated carbocycles. The van der Waals surface area contributed by atoms with E-state index >= 15 is 0 Å². The Labute approximate surface area is 500 Å². The van der Waals surface area contributed by atoms with Crippen LogP contribution in [0.3, 0.4) is 0 Å². The standard InChI is InChI=1S/C81H54N4O2/c1-5-6-26-54(48(2)3)62-32-17-34-64-66-36-19-38-70(80(66)86-78(62)64)82(50-22-9-7-10-23-50)52-40-42-56-58-28-15-30-60-68-47-75-69(46-74(68)84(76(58)60)72(56)44-52)61-31-16-29-59-57-43-41-53(45-73(57)85(75)77(59)61)83(51-24-11-8-12-25-51)71-39-20-37-67-65-35-18-33-63(79(65)87-81(67)71)55-27-14-13-21-49(55)4/h5-47H,1H2,2-4H3/b26-6-.